The zero-order valence-electron chi connectivity index (χ0n) is 12.2. The van der Waals surface area contributed by atoms with E-state index in [1.165, 1.54) is 38.5 Å². The van der Waals surface area contributed by atoms with Crippen molar-refractivity contribution in [2.45, 2.75) is 71.4 Å². The van der Waals surface area contributed by atoms with Crippen molar-refractivity contribution in [1.29, 1.82) is 0 Å². The quantitative estimate of drug-likeness (QED) is 0.688. The smallest absolute Gasteiger partial charge is 0.0577 e. The van der Waals surface area contributed by atoms with Crippen LogP contribution in [0.25, 0.3) is 0 Å². The Hall–Kier alpha value is -0.0800. The molecule has 1 aliphatic carbocycles. The zero-order chi connectivity index (χ0) is 12.7. The molecule has 0 heterocycles. The van der Waals surface area contributed by atoms with Gasteiger partial charge in [-0.2, -0.15) is 0 Å². The fourth-order valence-corrected chi connectivity index (χ4v) is 2.78. The van der Waals surface area contributed by atoms with Crippen LogP contribution in [0.4, 0.5) is 0 Å². The van der Waals surface area contributed by atoms with Gasteiger partial charge in [0, 0.05) is 12.6 Å². The van der Waals surface area contributed by atoms with E-state index >= 15 is 0 Å². The van der Waals surface area contributed by atoms with Gasteiger partial charge >= 0.3 is 0 Å². The summed E-state index contributed by atoms with van der Waals surface area (Å²) in [6.45, 7) is 7.93. The van der Waals surface area contributed by atoms with Crippen molar-refractivity contribution in [3.05, 3.63) is 0 Å². The normalized spacial score (nSPS) is 31.4. The van der Waals surface area contributed by atoms with Crippen molar-refractivity contribution in [3.63, 3.8) is 0 Å². The summed E-state index contributed by atoms with van der Waals surface area (Å²) in [5.74, 6) is 1.73. The number of hydrogen-bond acceptors (Lipinski definition) is 2. The molecule has 0 aliphatic heterocycles. The van der Waals surface area contributed by atoms with E-state index in [1.54, 1.807) is 0 Å². The first kappa shape index (κ1) is 15.0. The molecule has 4 unspecified atom stereocenters. The van der Waals surface area contributed by atoms with Crippen molar-refractivity contribution < 1.29 is 4.74 Å². The zero-order valence-corrected chi connectivity index (χ0v) is 12.2. The van der Waals surface area contributed by atoms with Gasteiger partial charge in [-0.1, -0.05) is 20.8 Å². The van der Waals surface area contributed by atoms with Gasteiger partial charge < -0.3 is 10.1 Å². The molecule has 0 radical (unpaired) electrons. The molecule has 0 amide bonds. The fraction of sp³-hybridized carbons (Fsp3) is 1.00. The third kappa shape index (κ3) is 5.39. The molecule has 2 nitrogen and oxygen atoms in total. The minimum atomic E-state index is 0.538. The first-order chi connectivity index (χ1) is 8.17. The highest BCUT2D eigenvalue weighted by molar-refractivity contribution is 4.75. The van der Waals surface area contributed by atoms with Gasteiger partial charge in [0.2, 0.25) is 0 Å². The highest BCUT2D eigenvalue weighted by Crippen LogP contribution is 2.30. The largest absolute Gasteiger partial charge is 0.378 e. The second-order valence-electron chi connectivity index (χ2n) is 5.80. The van der Waals surface area contributed by atoms with Crippen LogP contribution in [0.5, 0.6) is 0 Å². The predicted molar refractivity (Wildman–Crippen MR) is 74.3 cm³/mol. The fourth-order valence-electron chi connectivity index (χ4n) is 2.78. The third-order valence-electron chi connectivity index (χ3n) is 4.50. The first-order valence-corrected chi connectivity index (χ1v) is 7.46. The van der Waals surface area contributed by atoms with E-state index in [0.29, 0.717) is 12.1 Å². The molecule has 0 spiro atoms. The van der Waals surface area contributed by atoms with Crippen molar-refractivity contribution in [3.8, 4) is 0 Å². The van der Waals surface area contributed by atoms with E-state index in [2.05, 4.69) is 33.1 Å². The Bertz CT molecular complexity index is 191. The van der Waals surface area contributed by atoms with Gasteiger partial charge in [0.15, 0.2) is 0 Å². The Morgan fingerprint density at radius 2 is 2.00 bits per heavy atom. The van der Waals surface area contributed by atoms with Crippen molar-refractivity contribution in [2.75, 3.05) is 13.7 Å². The molecule has 0 aromatic rings. The molecule has 0 saturated heterocycles. The molecule has 1 aliphatic rings. The molecule has 1 N–H and O–H groups in total. The Labute approximate surface area is 108 Å². The van der Waals surface area contributed by atoms with Gasteiger partial charge in [0.05, 0.1) is 6.10 Å². The molecular weight excluding hydrogens is 210 g/mol. The third-order valence-corrected chi connectivity index (χ3v) is 4.50. The Kier molecular flexibility index (Phi) is 7.14. The molecule has 17 heavy (non-hydrogen) atoms. The Morgan fingerprint density at radius 3 is 2.59 bits per heavy atom. The topological polar surface area (TPSA) is 21.3 Å². The number of nitrogens with one attached hydrogen (secondary N) is 1. The summed E-state index contributed by atoms with van der Waals surface area (Å²) in [5.41, 5.74) is 0. The predicted octanol–water partition coefficient (Wildman–Crippen LogP) is 3.61. The van der Waals surface area contributed by atoms with Crippen LogP contribution in [0, 0.1) is 11.8 Å². The monoisotopic (exact) mass is 241 g/mol. The number of ether oxygens (including phenoxy) is 1. The molecule has 0 aromatic heterocycles. The van der Waals surface area contributed by atoms with Crippen molar-refractivity contribution >= 4 is 0 Å². The van der Waals surface area contributed by atoms with E-state index < -0.39 is 0 Å². The second kappa shape index (κ2) is 8.10. The molecule has 102 valence electrons. The highest BCUT2D eigenvalue weighted by Gasteiger charge is 2.24. The second-order valence-corrected chi connectivity index (χ2v) is 5.80. The summed E-state index contributed by atoms with van der Waals surface area (Å²) in [4.78, 5) is 0. The van der Waals surface area contributed by atoms with Crippen molar-refractivity contribution in [1.82, 2.24) is 5.32 Å². The lowest BCUT2D eigenvalue weighted by molar-refractivity contribution is 0.000483. The van der Waals surface area contributed by atoms with Crippen LogP contribution in [0.1, 0.15) is 59.3 Å². The van der Waals surface area contributed by atoms with Crippen LogP contribution in [-0.4, -0.2) is 25.8 Å². The summed E-state index contributed by atoms with van der Waals surface area (Å²) in [5, 5.41) is 3.35. The summed E-state index contributed by atoms with van der Waals surface area (Å²) < 4.78 is 6.01. The Morgan fingerprint density at radius 1 is 1.24 bits per heavy atom. The lowest BCUT2D eigenvalue weighted by Crippen LogP contribution is -2.28. The number of rotatable bonds is 7. The summed E-state index contributed by atoms with van der Waals surface area (Å²) in [6.07, 6.45) is 8.08. The molecule has 0 aromatic carbocycles. The summed E-state index contributed by atoms with van der Waals surface area (Å²) in [7, 11) is 2.05. The number of hydrogen-bond donors (Lipinski definition) is 1. The minimum absolute atomic E-state index is 0.538. The highest BCUT2D eigenvalue weighted by atomic mass is 16.5. The Balaban J connectivity index is 2.07. The molecule has 4 atom stereocenters. The van der Waals surface area contributed by atoms with E-state index in [9.17, 15) is 0 Å². The average Bonchev–Trinajstić information content (AvgIpc) is 2.34. The van der Waals surface area contributed by atoms with Gasteiger partial charge in [0.25, 0.3) is 0 Å². The molecule has 2 heteroatoms. The maximum absolute atomic E-state index is 6.01. The van der Waals surface area contributed by atoms with E-state index in [1.807, 2.05) is 0 Å². The van der Waals surface area contributed by atoms with E-state index in [-0.39, 0.29) is 0 Å². The van der Waals surface area contributed by atoms with Crippen LogP contribution in [0.15, 0.2) is 0 Å². The van der Waals surface area contributed by atoms with Gasteiger partial charge in [-0.05, 0) is 57.4 Å². The van der Waals surface area contributed by atoms with Crippen LogP contribution in [0.3, 0.4) is 0 Å². The minimum Gasteiger partial charge on any atom is -0.378 e. The van der Waals surface area contributed by atoms with E-state index in [4.69, 9.17) is 4.74 Å². The lowest BCUT2D eigenvalue weighted by Gasteiger charge is -2.32. The molecule has 1 saturated carbocycles. The van der Waals surface area contributed by atoms with Crippen LogP contribution >= 0.6 is 0 Å². The molecule has 1 rings (SSSR count). The molecular formula is C15H31NO. The maximum Gasteiger partial charge on any atom is 0.0577 e. The van der Waals surface area contributed by atoms with Crippen LogP contribution < -0.4 is 5.32 Å². The first-order valence-electron chi connectivity index (χ1n) is 7.46. The maximum atomic E-state index is 6.01. The standard InChI is InChI=1S/C15H31NO/c1-5-14(16-4)7-6-10-17-15-9-8-12(2)13(3)11-15/h12-16H,5-11H2,1-4H3. The summed E-state index contributed by atoms with van der Waals surface area (Å²) in [6, 6.07) is 0.670. The lowest BCUT2D eigenvalue weighted by atomic mass is 9.80. The molecule has 0 bridgehead atoms. The molecule has 1 fully saturated rings. The van der Waals surface area contributed by atoms with Gasteiger partial charge in [-0.15, -0.1) is 0 Å². The average molecular weight is 241 g/mol. The van der Waals surface area contributed by atoms with Crippen LogP contribution in [0.2, 0.25) is 0 Å². The van der Waals surface area contributed by atoms with Gasteiger partial charge in [-0.25, -0.2) is 0 Å². The summed E-state index contributed by atoms with van der Waals surface area (Å²) >= 11 is 0. The van der Waals surface area contributed by atoms with Gasteiger partial charge in [0.1, 0.15) is 0 Å². The van der Waals surface area contributed by atoms with E-state index in [0.717, 1.165) is 18.4 Å². The van der Waals surface area contributed by atoms with Crippen LogP contribution in [-0.2, 0) is 4.74 Å². The SMILES string of the molecule is CCC(CCCOC1CCC(C)C(C)C1)NC. The van der Waals surface area contributed by atoms with Crippen molar-refractivity contribution in [2.24, 2.45) is 11.8 Å². The van der Waals surface area contributed by atoms with Gasteiger partial charge in [-0.3, -0.25) is 0 Å².